The fraction of sp³-hybridized carbons (Fsp3) is 0.692. The molecule has 0 spiro atoms. The van der Waals surface area contributed by atoms with E-state index in [4.69, 9.17) is 5.73 Å². The van der Waals surface area contributed by atoms with Crippen molar-refractivity contribution in [1.82, 2.24) is 0 Å². The van der Waals surface area contributed by atoms with Crippen molar-refractivity contribution in [3.8, 4) is 0 Å². The van der Waals surface area contributed by atoms with E-state index in [1.165, 1.54) is 35.4 Å². The second-order valence-corrected chi connectivity index (χ2v) is 5.89. The first-order valence-corrected chi connectivity index (χ1v) is 6.94. The summed E-state index contributed by atoms with van der Waals surface area (Å²) in [7, 11) is 0. The molecule has 84 valence electrons. The van der Waals surface area contributed by atoms with Crippen molar-refractivity contribution < 1.29 is 0 Å². The molecule has 1 atom stereocenters. The zero-order valence-corrected chi connectivity index (χ0v) is 10.4. The van der Waals surface area contributed by atoms with Gasteiger partial charge < -0.3 is 5.73 Å². The molecule has 15 heavy (non-hydrogen) atoms. The molecule has 1 fully saturated rings. The Morgan fingerprint density at radius 2 is 2.00 bits per heavy atom. The van der Waals surface area contributed by atoms with Gasteiger partial charge in [0.25, 0.3) is 0 Å². The molecular formula is C13H21NS. The maximum absolute atomic E-state index is 6.27. The molecule has 2 rings (SSSR count). The van der Waals surface area contributed by atoms with Crippen molar-refractivity contribution in [2.75, 3.05) is 0 Å². The number of rotatable bonds is 4. The van der Waals surface area contributed by atoms with Crippen LogP contribution in [0.3, 0.4) is 0 Å². The summed E-state index contributed by atoms with van der Waals surface area (Å²) in [5.41, 5.74) is 6.27. The molecule has 0 saturated heterocycles. The Labute approximate surface area is 96.7 Å². The van der Waals surface area contributed by atoms with Crippen molar-refractivity contribution >= 4 is 11.3 Å². The van der Waals surface area contributed by atoms with Gasteiger partial charge in [-0.25, -0.2) is 0 Å². The highest BCUT2D eigenvalue weighted by atomic mass is 32.1. The topological polar surface area (TPSA) is 26.0 Å². The summed E-state index contributed by atoms with van der Waals surface area (Å²) >= 11 is 1.94. The fourth-order valence-electron chi connectivity index (χ4n) is 2.51. The predicted octanol–water partition coefficient (Wildman–Crippen LogP) is 3.37. The molecule has 0 amide bonds. The van der Waals surface area contributed by atoms with Gasteiger partial charge in [0, 0.05) is 15.8 Å². The molecule has 1 unspecified atom stereocenters. The standard InChI is InChI=1S/C13H21NS/c1-2-11-7-8-12(15-11)9-13(14)10-5-3-4-6-10/h7-8,10,13H,2-6,9,14H2,1H3. The average molecular weight is 223 g/mol. The van der Waals surface area contributed by atoms with Crippen LogP contribution in [0.1, 0.15) is 42.4 Å². The Bertz CT molecular complexity index is 299. The van der Waals surface area contributed by atoms with Crippen LogP contribution < -0.4 is 5.73 Å². The third-order valence-electron chi connectivity index (χ3n) is 3.51. The van der Waals surface area contributed by atoms with E-state index in [9.17, 15) is 0 Å². The summed E-state index contributed by atoms with van der Waals surface area (Å²) in [6.07, 6.45) is 7.74. The van der Waals surface area contributed by atoms with Crippen LogP contribution in [0.2, 0.25) is 0 Å². The van der Waals surface area contributed by atoms with Gasteiger partial charge in [0.15, 0.2) is 0 Å². The highest BCUT2D eigenvalue weighted by Crippen LogP contribution is 2.29. The van der Waals surface area contributed by atoms with E-state index in [1.807, 2.05) is 11.3 Å². The predicted molar refractivity (Wildman–Crippen MR) is 67.3 cm³/mol. The van der Waals surface area contributed by atoms with Crippen molar-refractivity contribution in [2.45, 2.75) is 51.5 Å². The van der Waals surface area contributed by atoms with Crippen LogP contribution in [0.25, 0.3) is 0 Å². The second kappa shape index (κ2) is 5.13. The number of hydrogen-bond donors (Lipinski definition) is 1. The van der Waals surface area contributed by atoms with Crippen LogP contribution in [0.15, 0.2) is 12.1 Å². The lowest BCUT2D eigenvalue weighted by Gasteiger charge is -2.17. The maximum atomic E-state index is 6.27. The molecule has 1 saturated carbocycles. The van der Waals surface area contributed by atoms with Gasteiger partial charge in [-0.2, -0.15) is 0 Å². The largest absolute Gasteiger partial charge is 0.327 e. The van der Waals surface area contributed by atoms with E-state index < -0.39 is 0 Å². The van der Waals surface area contributed by atoms with Crippen LogP contribution >= 0.6 is 11.3 Å². The molecule has 0 radical (unpaired) electrons. The average Bonchev–Trinajstić information content (AvgIpc) is 2.87. The first kappa shape index (κ1) is 11.2. The van der Waals surface area contributed by atoms with E-state index >= 15 is 0 Å². The lowest BCUT2D eigenvalue weighted by molar-refractivity contribution is 0.431. The van der Waals surface area contributed by atoms with Crippen LogP contribution in [-0.2, 0) is 12.8 Å². The molecule has 1 aliphatic rings. The zero-order chi connectivity index (χ0) is 10.7. The first-order valence-electron chi connectivity index (χ1n) is 6.12. The smallest absolute Gasteiger partial charge is 0.0116 e. The number of hydrogen-bond acceptors (Lipinski definition) is 2. The minimum absolute atomic E-state index is 0.399. The summed E-state index contributed by atoms with van der Waals surface area (Å²) in [5.74, 6) is 0.789. The van der Waals surface area contributed by atoms with Crippen LogP contribution in [0, 0.1) is 5.92 Å². The molecule has 1 aromatic heterocycles. The molecular weight excluding hydrogens is 202 g/mol. The Kier molecular flexibility index (Phi) is 3.81. The van der Waals surface area contributed by atoms with Gasteiger partial charge in [-0.05, 0) is 43.7 Å². The van der Waals surface area contributed by atoms with Crippen molar-refractivity contribution in [3.05, 3.63) is 21.9 Å². The van der Waals surface area contributed by atoms with Gasteiger partial charge in [0.1, 0.15) is 0 Å². The van der Waals surface area contributed by atoms with E-state index in [0.717, 1.165) is 18.8 Å². The third-order valence-corrected chi connectivity index (χ3v) is 4.76. The molecule has 2 heteroatoms. The molecule has 0 aliphatic heterocycles. The summed E-state index contributed by atoms with van der Waals surface area (Å²) < 4.78 is 0. The molecule has 1 aliphatic carbocycles. The van der Waals surface area contributed by atoms with Crippen LogP contribution in [-0.4, -0.2) is 6.04 Å². The molecule has 1 heterocycles. The molecule has 2 N–H and O–H groups in total. The minimum Gasteiger partial charge on any atom is -0.327 e. The SMILES string of the molecule is CCc1ccc(CC(N)C2CCCC2)s1. The van der Waals surface area contributed by atoms with E-state index in [-0.39, 0.29) is 0 Å². The van der Waals surface area contributed by atoms with E-state index in [0.29, 0.717) is 6.04 Å². The Hall–Kier alpha value is -0.340. The zero-order valence-electron chi connectivity index (χ0n) is 9.54. The van der Waals surface area contributed by atoms with Gasteiger partial charge in [-0.3, -0.25) is 0 Å². The quantitative estimate of drug-likeness (QED) is 0.832. The number of nitrogens with two attached hydrogens (primary N) is 1. The molecule has 0 bridgehead atoms. The summed E-state index contributed by atoms with van der Waals surface area (Å²) in [6.45, 7) is 2.21. The highest BCUT2D eigenvalue weighted by Gasteiger charge is 2.22. The first-order chi connectivity index (χ1) is 7.29. The Morgan fingerprint density at radius 3 is 2.60 bits per heavy atom. The summed E-state index contributed by atoms with van der Waals surface area (Å²) in [6, 6.07) is 4.91. The lowest BCUT2D eigenvalue weighted by atomic mass is 9.96. The molecule has 1 nitrogen and oxygen atoms in total. The van der Waals surface area contributed by atoms with Gasteiger partial charge in [-0.15, -0.1) is 11.3 Å². The maximum Gasteiger partial charge on any atom is 0.0116 e. The fourth-order valence-corrected chi connectivity index (χ4v) is 3.54. The van der Waals surface area contributed by atoms with Crippen LogP contribution in [0.5, 0.6) is 0 Å². The van der Waals surface area contributed by atoms with E-state index in [2.05, 4.69) is 19.1 Å². The second-order valence-electron chi connectivity index (χ2n) is 4.63. The van der Waals surface area contributed by atoms with Gasteiger partial charge in [0.05, 0.1) is 0 Å². The monoisotopic (exact) mass is 223 g/mol. The van der Waals surface area contributed by atoms with Crippen molar-refractivity contribution in [3.63, 3.8) is 0 Å². The molecule has 0 aromatic carbocycles. The summed E-state index contributed by atoms with van der Waals surface area (Å²) in [4.78, 5) is 2.97. The minimum atomic E-state index is 0.399. The van der Waals surface area contributed by atoms with Crippen molar-refractivity contribution in [1.29, 1.82) is 0 Å². The Morgan fingerprint density at radius 1 is 1.33 bits per heavy atom. The van der Waals surface area contributed by atoms with Gasteiger partial charge >= 0.3 is 0 Å². The van der Waals surface area contributed by atoms with Gasteiger partial charge in [0.2, 0.25) is 0 Å². The Balaban J connectivity index is 1.89. The van der Waals surface area contributed by atoms with Crippen LogP contribution in [0.4, 0.5) is 0 Å². The van der Waals surface area contributed by atoms with Gasteiger partial charge in [-0.1, -0.05) is 19.8 Å². The molecule has 1 aromatic rings. The van der Waals surface area contributed by atoms with Crippen molar-refractivity contribution in [2.24, 2.45) is 11.7 Å². The number of aryl methyl sites for hydroxylation is 1. The normalized spacial score (nSPS) is 19.6. The third kappa shape index (κ3) is 2.82. The highest BCUT2D eigenvalue weighted by molar-refractivity contribution is 7.11. The summed E-state index contributed by atoms with van der Waals surface area (Å²) in [5, 5.41) is 0. The van der Waals surface area contributed by atoms with E-state index in [1.54, 1.807) is 0 Å². The number of thiophene rings is 1. The lowest BCUT2D eigenvalue weighted by Crippen LogP contribution is -2.30.